The molecule has 0 saturated carbocycles. The fourth-order valence-electron chi connectivity index (χ4n) is 2.15. The zero-order valence-electron chi connectivity index (χ0n) is 8.62. The van der Waals surface area contributed by atoms with Crippen LogP contribution in [0.25, 0.3) is 0 Å². The molecule has 5 nitrogen and oxygen atoms in total. The first-order valence-electron chi connectivity index (χ1n) is 5.25. The molecule has 4 N–H and O–H groups in total. The van der Waals surface area contributed by atoms with E-state index >= 15 is 0 Å². The van der Waals surface area contributed by atoms with Crippen molar-refractivity contribution < 1.29 is 9.53 Å². The highest BCUT2D eigenvalue weighted by molar-refractivity contribution is 8.12. The van der Waals surface area contributed by atoms with Crippen LogP contribution in [0.1, 0.15) is 19.3 Å². The standard InChI is InChI=1S/C9H17N3O2S/c10-6-9(1-3-14-4-2-9)5-7-11-8(13)15-12-7/h7,12H,1-6,10H2,(H,11,13). The maximum Gasteiger partial charge on any atom is 0.295 e. The number of carbonyl (C=O) groups excluding carboxylic acids is 1. The number of hydrogen-bond acceptors (Lipinski definition) is 5. The first kappa shape index (κ1) is 11.2. The fraction of sp³-hybridized carbons (Fsp3) is 0.889. The molecule has 1 amide bonds. The van der Waals surface area contributed by atoms with Crippen LogP contribution in [0.3, 0.4) is 0 Å². The van der Waals surface area contributed by atoms with Gasteiger partial charge in [-0.1, -0.05) is 0 Å². The highest BCUT2D eigenvalue weighted by atomic mass is 32.2. The minimum atomic E-state index is -0.000712. The zero-order chi connectivity index (χ0) is 10.7. The number of carbonyl (C=O) groups is 1. The average molecular weight is 231 g/mol. The number of hydrogen-bond donors (Lipinski definition) is 3. The lowest BCUT2D eigenvalue weighted by atomic mass is 9.76. The van der Waals surface area contributed by atoms with Gasteiger partial charge in [-0.2, -0.15) is 0 Å². The van der Waals surface area contributed by atoms with E-state index in [1.807, 2.05) is 0 Å². The van der Waals surface area contributed by atoms with E-state index in [2.05, 4.69) is 10.0 Å². The van der Waals surface area contributed by atoms with E-state index in [0.717, 1.165) is 44.4 Å². The molecule has 0 spiro atoms. The lowest BCUT2D eigenvalue weighted by Crippen LogP contribution is -2.44. The van der Waals surface area contributed by atoms with Crippen molar-refractivity contribution in [2.45, 2.75) is 25.4 Å². The average Bonchev–Trinajstić information content (AvgIpc) is 2.65. The van der Waals surface area contributed by atoms with E-state index in [-0.39, 0.29) is 16.8 Å². The molecule has 1 unspecified atom stereocenters. The molecule has 6 heteroatoms. The molecule has 86 valence electrons. The lowest BCUT2D eigenvalue weighted by Gasteiger charge is -2.37. The van der Waals surface area contributed by atoms with Crippen molar-refractivity contribution in [1.29, 1.82) is 0 Å². The van der Waals surface area contributed by atoms with E-state index in [9.17, 15) is 4.79 Å². The second-order valence-corrected chi connectivity index (χ2v) is 5.04. The summed E-state index contributed by atoms with van der Waals surface area (Å²) in [4.78, 5) is 11.0. The molecule has 2 rings (SSSR count). The van der Waals surface area contributed by atoms with Gasteiger partial charge in [0.15, 0.2) is 0 Å². The van der Waals surface area contributed by atoms with E-state index in [1.165, 1.54) is 0 Å². The number of rotatable bonds is 3. The van der Waals surface area contributed by atoms with Gasteiger partial charge in [-0.05, 0) is 31.2 Å². The minimum Gasteiger partial charge on any atom is -0.381 e. The summed E-state index contributed by atoms with van der Waals surface area (Å²) < 4.78 is 8.42. The molecule has 0 aromatic heterocycles. The molecule has 2 aliphatic heterocycles. The summed E-state index contributed by atoms with van der Waals surface area (Å²) in [5.41, 5.74) is 5.98. The molecule has 2 fully saturated rings. The predicted molar refractivity (Wildman–Crippen MR) is 59.2 cm³/mol. The third-order valence-corrected chi connectivity index (χ3v) is 3.92. The van der Waals surface area contributed by atoms with Crippen molar-refractivity contribution in [2.24, 2.45) is 11.1 Å². The topological polar surface area (TPSA) is 76.4 Å². The van der Waals surface area contributed by atoms with Crippen LogP contribution < -0.4 is 15.8 Å². The van der Waals surface area contributed by atoms with Crippen LogP contribution in [-0.2, 0) is 4.74 Å². The monoisotopic (exact) mass is 231 g/mol. The van der Waals surface area contributed by atoms with Gasteiger partial charge in [0.05, 0.1) is 6.17 Å². The summed E-state index contributed by atoms with van der Waals surface area (Å²) in [5, 5.41) is 2.88. The van der Waals surface area contributed by atoms with Crippen molar-refractivity contribution in [1.82, 2.24) is 10.0 Å². The minimum absolute atomic E-state index is 0.000712. The van der Waals surface area contributed by atoms with Gasteiger partial charge in [0.1, 0.15) is 0 Å². The van der Waals surface area contributed by atoms with Gasteiger partial charge >= 0.3 is 0 Å². The van der Waals surface area contributed by atoms with Crippen LogP contribution in [-0.4, -0.2) is 31.2 Å². The fourth-order valence-corrected chi connectivity index (χ4v) is 2.74. The van der Waals surface area contributed by atoms with Gasteiger partial charge in [0.2, 0.25) is 0 Å². The maximum atomic E-state index is 11.0. The summed E-state index contributed by atoms with van der Waals surface area (Å²) in [7, 11) is 0. The SMILES string of the molecule is NCC1(CC2NSC(=O)N2)CCOCC1. The molecule has 0 aromatic rings. The molecule has 2 aliphatic rings. The van der Waals surface area contributed by atoms with Crippen LogP contribution in [0.4, 0.5) is 4.79 Å². The molecule has 0 aromatic carbocycles. The van der Waals surface area contributed by atoms with E-state index in [0.29, 0.717) is 6.54 Å². The third-order valence-electron chi connectivity index (χ3n) is 3.21. The smallest absolute Gasteiger partial charge is 0.295 e. The Morgan fingerprint density at radius 3 is 2.80 bits per heavy atom. The Labute approximate surface area is 93.6 Å². The molecule has 0 aliphatic carbocycles. The predicted octanol–water partition coefficient (Wildman–Crippen LogP) is 0.419. The molecule has 0 radical (unpaired) electrons. The number of amides is 1. The van der Waals surface area contributed by atoms with Gasteiger partial charge in [-0.15, -0.1) is 0 Å². The van der Waals surface area contributed by atoms with E-state index < -0.39 is 0 Å². The van der Waals surface area contributed by atoms with Gasteiger partial charge < -0.3 is 15.8 Å². The molecule has 1 atom stereocenters. The number of nitrogens with one attached hydrogen (secondary N) is 2. The maximum absolute atomic E-state index is 11.0. The van der Waals surface area contributed by atoms with Gasteiger partial charge in [0, 0.05) is 25.2 Å². The van der Waals surface area contributed by atoms with Crippen molar-refractivity contribution in [3.8, 4) is 0 Å². The Morgan fingerprint density at radius 2 is 2.27 bits per heavy atom. The van der Waals surface area contributed by atoms with Crippen LogP contribution in [0.15, 0.2) is 0 Å². The Morgan fingerprint density at radius 1 is 1.53 bits per heavy atom. The Balaban J connectivity index is 1.91. The van der Waals surface area contributed by atoms with E-state index in [1.54, 1.807) is 0 Å². The first-order chi connectivity index (χ1) is 7.24. The quantitative estimate of drug-likeness (QED) is 0.614. The zero-order valence-corrected chi connectivity index (χ0v) is 9.44. The number of nitrogens with two attached hydrogens (primary N) is 1. The highest BCUT2D eigenvalue weighted by Gasteiger charge is 2.36. The van der Waals surface area contributed by atoms with Crippen LogP contribution in [0.2, 0.25) is 0 Å². The Kier molecular flexibility index (Phi) is 3.50. The second-order valence-electron chi connectivity index (χ2n) is 4.22. The van der Waals surface area contributed by atoms with Gasteiger partial charge in [-0.3, -0.25) is 4.79 Å². The summed E-state index contributed by atoms with van der Waals surface area (Å²) in [6, 6.07) is 0. The largest absolute Gasteiger partial charge is 0.381 e. The summed E-state index contributed by atoms with van der Waals surface area (Å²) in [6.45, 7) is 2.23. The molecule has 15 heavy (non-hydrogen) atoms. The van der Waals surface area contributed by atoms with Crippen LogP contribution in [0.5, 0.6) is 0 Å². The lowest BCUT2D eigenvalue weighted by molar-refractivity contribution is 0.0103. The van der Waals surface area contributed by atoms with Gasteiger partial charge in [0.25, 0.3) is 5.24 Å². The highest BCUT2D eigenvalue weighted by Crippen LogP contribution is 2.34. The van der Waals surface area contributed by atoms with Crippen LogP contribution in [0, 0.1) is 5.41 Å². The first-order valence-corrected chi connectivity index (χ1v) is 6.06. The normalized spacial score (nSPS) is 30.2. The molecular formula is C9H17N3O2S. The van der Waals surface area contributed by atoms with Crippen molar-refractivity contribution in [3.05, 3.63) is 0 Å². The summed E-state index contributed by atoms with van der Waals surface area (Å²) in [5.74, 6) is 0. The molecular weight excluding hydrogens is 214 g/mol. The Hall–Kier alpha value is -0.300. The third kappa shape index (κ3) is 2.63. The van der Waals surface area contributed by atoms with E-state index in [4.69, 9.17) is 10.5 Å². The second kappa shape index (κ2) is 4.69. The van der Waals surface area contributed by atoms with Crippen molar-refractivity contribution >= 4 is 17.2 Å². The van der Waals surface area contributed by atoms with Crippen LogP contribution >= 0.6 is 11.9 Å². The van der Waals surface area contributed by atoms with Crippen molar-refractivity contribution in [3.63, 3.8) is 0 Å². The van der Waals surface area contributed by atoms with Gasteiger partial charge in [-0.25, -0.2) is 4.72 Å². The summed E-state index contributed by atoms with van der Waals surface area (Å²) >= 11 is 1.13. The molecule has 2 saturated heterocycles. The Bertz CT molecular complexity index is 244. The number of ether oxygens (including phenoxy) is 1. The molecule has 0 bridgehead atoms. The van der Waals surface area contributed by atoms with Crippen molar-refractivity contribution in [2.75, 3.05) is 19.8 Å². The summed E-state index contributed by atoms with van der Waals surface area (Å²) in [6.07, 6.45) is 2.93. The molecule has 2 heterocycles.